The van der Waals surface area contributed by atoms with E-state index < -0.39 is 23.4 Å². The van der Waals surface area contributed by atoms with Crippen LogP contribution in [-0.2, 0) is 11.0 Å². The number of fused-ring (bicyclic) bond motifs is 1. The molecular weight excluding hydrogens is 489 g/mol. The minimum absolute atomic E-state index is 0.0176. The first-order chi connectivity index (χ1) is 17.7. The summed E-state index contributed by atoms with van der Waals surface area (Å²) in [5.41, 5.74) is 1.42. The van der Waals surface area contributed by atoms with Crippen LogP contribution in [0.3, 0.4) is 0 Å². The number of aromatic amines is 1. The highest BCUT2D eigenvalue weighted by Crippen LogP contribution is 2.36. The fourth-order valence-corrected chi connectivity index (χ4v) is 5.28. The second-order valence-corrected chi connectivity index (χ2v) is 9.76. The lowest BCUT2D eigenvalue weighted by atomic mass is 9.80. The summed E-state index contributed by atoms with van der Waals surface area (Å²) in [5.74, 6) is -1.13. The molecule has 8 nitrogen and oxygen atoms in total. The van der Waals surface area contributed by atoms with Gasteiger partial charge in [-0.1, -0.05) is 12.1 Å². The van der Waals surface area contributed by atoms with Gasteiger partial charge in [-0.25, -0.2) is 4.79 Å². The van der Waals surface area contributed by atoms with Gasteiger partial charge in [-0.2, -0.15) is 13.2 Å². The van der Waals surface area contributed by atoms with Crippen molar-refractivity contribution in [1.29, 1.82) is 0 Å². The summed E-state index contributed by atoms with van der Waals surface area (Å²) in [7, 11) is 0. The zero-order valence-electron chi connectivity index (χ0n) is 19.9. The molecule has 11 heteroatoms. The predicted octanol–water partition coefficient (Wildman–Crippen LogP) is 3.40. The molecule has 1 aromatic heterocycles. The lowest BCUT2D eigenvalue weighted by Gasteiger charge is -2.46. The van der Waals surface area contributed by atoms with E-state index in [0.29, 0.717) is 17.5 Å². The zero-order chi connectivity index (χ0) is 26.2. The van der Waals surface area contributed by atoms with Crippen LogP contribution < -0.4 is 16.4 Å². The molecule has 2 heterocycles. The summed E-state index contributed by atoms with van der Waals surface area (Å²) < 4.78 is 43.6. The summed E-state index contributed by atoms with van der Waals surface area (Å²) in [6, 6.07) is 10.4. The number of aromatic nitrogens is 1. The third kappa shape index (κ3) is 5.71. The Morgan fingerprint density at radius 3 is 2.54 bits per heavy atom. The van der Waals surface area contributed by atoms with Crippen LogP contribution in [-0.4, -0.2) is 53.4 Å². The Balaban J connectivity index is 1.03. The number of oxazole rings is 1. The molecule has 0 atom stereocenters. The number of nitrogens with one attached hydrogen (secondary N) is 3. The maximum Gasteiger partial charge on any atom is 0.417 e. The van der Waals surface area contributed by atoms with Crippen LogP contribution in [0.5, 0.6) is 0 Å². The summed E-state index contributed by atoms with van der Waals surface area (Å²) in [6.45, 7) is 1.15. The predicted molar refractivity (Wildman–Crippen MR) is 129 cm³/mol. The lowest BCUT2D eigenvalue weighted by Crippen LogP contribution is -2.63. The number of hydrogen-bond donors (Lipinski definition) is 3. The molecule has 1 saturated heterocycles. The number of nitrogens with zero attached hydrogens (tertiary/aromatic N) is 1. The normalized spacial score (nSPS) is 20.9. The zero-order valence-corrected chi connectivity index (χ0v) is 19.9. The number of benzene rings is 2. The number of rotatable bonds is 6. The summed E-state index contributed by atoms with van der Waals surface area (Å²) in [6.07, 6.45) is -0.392. The molecule has 0 radical (unpaired) electrons. The highest BCUT2D eigenvalue weighted by Gasteiger charge is 2.35. The van der Waals surface area contributed by atoms with Gasteiger partial charge in [0.25, 0.3) is 5.91 Å². The molecule has 2 aliphatic rings. The third-order valence-electron chi connectivity index (χ3n) is 7.26. The van der Waals surface area contributed by atoms with Crippen molar-refractivity contribution >= 4 is 22.9 Å². The number of hydrogen-bond acceptors (Lipinski definition) is 5. The van der Waals surface area contributed by atoms with Gasteiger partial charge >= 0.3 is 11.9 Å². The van der Waals surface area contributed by atoms with Crippen molar-refractivity contribution in [3.05, 3.63) is 69.7 Å². The minimum atomic E-state index is -4.54. The number of amides is 2. The van der Waals surface area contributed by atoms with E-state index in [1.165, 1.54) is 11.6 Å². The molecule has 1 saturated carbocycles. The summed E-state index contributed by atoms with van der Waals surface area (Å²) in [5, 5.41) is 5.25. The number of halogens is 3. The molecule has 37 heavy (non-hydrogen) atoms. The van der Waals surface area contributed by atoms with E-state index in [9.17, 15) is 27.6 Å². The van der Waals surface area contributed by atoms with Gasteiger partial charge < -0.3 is 15.1 Å². The Morgan fingerprint density at radius 1 is 1.05 bits per heavy atom. The third-order valence-corrected chi connectivity index (χ3v) is 7.26. The average Bonchev–Trinajstić information content (AvgIpc) is 3.23. The number of H-pyrrole nitrogens is 1. The van der Waals surface area contributed by atoms with E-state index in [2.05, 4.69) is 20.5 Å². The second kappa shape index (κ2) is 10.0. The van der Waals surface area contributed by atoms with Gasteiger partial charge in [0, 0.05) is 24.7 Å². The largest absolute Gasteiger partial charge is 0.417 e. The molecule has 0 bridgehead atoms. The fraction of sp³-hybridized carbons (Fsp3) is 0.423. The molecule has 2 fully saturated rings. The molecule has 1 aliphatic heterocycles. The number of likely N-dealkylation sites (tertiary alicyclic amines) is 1. The highest BCUT2D eigenvalue weighted by atomic mass is 19.4. The van der Waals surface area contributed by atoms with Crippen molar-refractivity contribution in [2.45, 2.75) is 49.9 Å². The van der Waals surface area contributed by atoms with Crippen molar-refractivity contribution in [2.75, 3.05) is 19.6 Å². The highest BCUT2D eigenvalue weighted by molar-refractivity contribution is 5.96. The molecule has 0 spiro atoms. The molecule has 0 unspecified atom stereocenters. The van der Waals surface area contributed by atoms with E-state index >= 15 is 0 Å². The Kier molecular flexibility index (Phi) is 6.80. The van der Waals surface area contributed by atoms with E-state index in [0.717, 1.165) is 62.5 Å². The number of carbonyl (C=O) groups excluding carboxylic acids is 2. The van der Waals surface area contributed by atoms with Crippen LogP contribution >= 0.6 is 0 Å². The number of alkyl halides is 3. The Morgan fingerprint density at radius 2 is 1.81 bits per heavy atom. The van der Waals surface area contributed by atoms with Crippen LogP contribution in [0.2, 0.25) is 0 Å². The molecule has 3 aromatic rings. The maximum absolute atomic E-state index is 12.8. The second-order valence-electron chi connectivity index (χ2n) is 9.76. The molecule has 3 N–H and O–H groups in total. The molecule has 2 aromatic carbocycles. The van der Waals surface area contributed by atoms with E-state index in [4.69, 9.17) is 4.42 Å². The lowest BCUT2D eigenvalue weighted by molar-refractivity contribution is -0.137. The Bertz CT molecular complexity index is 1350. The maximum atomic E-state index is 12.8. The van der Waals surface area contributed by atoms with Crippen molar-refractivity contribution in [3.8, 4) is 0 Å². The van der Waals surface area contributed by atoms with Crippen molar-refractivity contribution in [1.82, 2.24) is 20.5 Å². The van der Waals surface area contributed by atoms with E-state index in [1.54, 1.807) is 0 Å². The van der Waals surface area contributed by atoms with Crippen molar-refractivity contribution < 1.29 is 27.2 Å². The van der Waals surface area contributed by atoms with Crippen LogP contribution in [0.15, 0.2) is 51.7 Å². The molecule has 196 valence electrons. The van der Waals surface area contributed by atoms with Crippen LogP contribution in [0, 0.1) is 0 Å². The summed E-state index contributed by atoms with van der Waals surface area (Å²) in [4.78, 5) is 40.8. The van der Waals surface area contributed by atoms with Gasteiger partial charge in [0.1, 0.15) is 0 Å². The first-order valence-electron chi connectivity index (χ1n) is 12.3. The van der Waals surface area contributed by atoms with Gasteiger partial charge in [-0.15, -0.1) is 0 Å². The van der Waals surface area contributed by atoms with Crippen LogP contribution in [0.4, 0.5) is 13.2 Å². The number of carbonyl (C=O) groups is 2. The average molecular weight is 517 g/mol. The fourth-order valence-electron chi connectivity index (χ4n) is 5.28. The minimum Gasteiger partial charge on any atom is -0.408 e. The van der Waals surface area contributed by atoms with Gasteiger partial charge in [-0.3, -0.25) is 19.5 Å². The Hall–Kier alpha value is -3.60. The first-order valence-corrected chi connectivity index (χ1v) is 12.3. The van der Waals surface area contributed by atoms with Crippen LogP contribution in [0.25, 0.3) is 11.1 Å². The SMILES string of the molecule is O=C(CNC(=O)c1cccc(C(F)(F)F)c1)NC1CN([C@H]2CC[C@@H](c3ccc4oc(=O)[nH]c4c3)CC2)C1. The first kappa shape index (κ1) is 25.1. The monoisotopic (exact) mass is 516 g/mol. The van der Waals surface area contributed by atoms with Crippen molar-refractivity contribution in [2.24, 2.45) is 0 Å². The molecule has 1 aliphatic carbocycles. The standard InChI is InChI=1S/C26H27F3N4O4/c27-26(28,29)18-3-1-2-17(10-18)24(35)30-12-23(34)31-19-13-33(14-19)20-7-4-15(5-8-20)16-6-9-22-21(11-16)32-25(36)37-22/h1-3,6,9-11,15,19-20H,4-5,7-8,12-14H2,(H,30,35)(H,31,34)(H,32,36)/t15-,20+. The van der Waals surface area contributed by atoms with E-state index in [1.807, 2.05) is 18.2 Å². The van der Waals surface area contributed by atoms with Crippen LogP contribution in [0.1, 0.15) is 53.1 Å². The van der Waals surface area contributed by atoms with E-state index in [-0.39, 0.29) is 24.1 Å². The quantitative estimate of drug-likeness (QED) is 0.466. The van der Waals surface area contributed by atoms with Gasteiger partial charge in [-0.05, 0) is 67.5 Å². The topological polar surface area (TPSA) is 107 Å². The van der Waals surface area contributed by atoms with Crippen molar-refractivity contribution in [3.63, 3.8) is 0 Å². The van der Waals surface area contributed by atoms with Gasteiger partial charge in [0.15, 0.2) is 5.58 Å². The smallest absolute Gasteiger partial charge is 0.408 e. The van der Waals surface area contributed by atoms with Gasteiger partial charge in [0.05, 0.1) is 23.7 Å². The molecule has 5 rings (SSSR count). The summed E-state index contributed by atoms with van der Waals surface area (Å²) >= 11 is 0. The van der Waals surface area contributed by atoms with Gasteiger partial charge in [0.2, 0.25) is 5.91 Å². The molecule has 2 amide bonds. The molecular formula is C26H27F3N4O4. The Labute approximate surface area is 210 Å².